The summed E-state index contributed by atoms with van der Waals surface area (Å²) in [6.45, 7) is 3.87. The molecule has 0 fully saturated rings. The van der Waals surface area contributed by atoms with Crippen molar-refractivity contribution in [1.29, 1.82) is 0 Å². The fourth-order valence-corrected chi connectivity index (χ4v) is 3.18. The smallest absolute Gasteiger partial charge is 0.341 e. The lowest BCUT2D eigenvalue weighted by molar-refractivity contribution is 0.0524. The highest BCUT2D eigenvalue weighted by molar-refractivity contribution is 6.44. The predicted octanol–water partition coefficient (Wildman–Crippen LogP) is 4.23. The molecule has 1 N–H and O–H groups in total. The van der Waals surface area contributed by atoms with Crippen LogP contribution in [-0.4, -0.2) is 43.2 Å². The Balaban J connectivity index is 0.000000280. The molecule has 2 aromatic rings. The quantitative estimate of drug-likeness (QED) is 0.497. The van der Waals surface area contributed by atoms with E-state index in [0.717, 1.165) is 0 Å². The molecule has 0 atom stereocenters. The van der Waals surface area contributed by atoms with Crippen LogP contribution in [0.1, 0.15) is 61.3 Å². The van der Waals surface area contributed by atoms with Gasteiger partial charge in [0.2, 0.25) is 0 Å². The summed E-state index contributed by atoms with van der Waals surface area (Å²) in [7, 11) is 3.31. The van der Waals surface area contributed by atoms with Crippen LogP contribution in [0.5, 0.6) is 0 Å². The average Bonchev–Trinajstić information content (AvgIpc) is 3.15. The van der Waals surface area contributed by atoms with Gasteiger partial charge < -0.3 is 9.84 Å². The third-order valence-corrected chi connectivity index (χ3v) is 4.31. The first-order chi connectivity index (χ1) is 13.0. The molecular formula is C16H20Cl4N4O4. The summed E-state index contributed by atoms with van der Waals surface area (Å²) in [4.78, 5) is 20.6. The molecule has 0 aromatic carbocycles. The van der Waals surface area contributed by atoms with Gasteiger partial charge in [-0.1, -0.05) is 53.3 Å². The van der Waals surface area contributed by atoms with Crippen molar-refractivity contribution < 1.29 is 19.4 Å². The van der Waals surface area contributed by atoms with Crippen molar-refractivity contribution in [3.8, 4) is 0 Å². The number of nitrogens with zero attached hydrogens (tertiary/aromatic N) is 4. The highest BCUT2D eigenvalue weighted by Gasteiger charge is 2.24. The van der Waals surface area contributed by atoms with E-state index in [4.69, 9.17) is 56.2 Å². The minimum Gasteiger partial charge on any atom is -0.478 e. The summed E-state index contributed by atoms with van der Waals surface area (Å²) in [6, 6.07) is 0. The Morgan fingerprint density at radius 2 is 1.75 bits per heavy atom. The number of ether oxygens (including phenoxy) is 1. The van der Waals surface area contributed by atoms with Gasteiger partial charge in [0.05, 0.1) is 18.0 Å². The molecule has 0 spiro atoms. The number of esters is 1. The van der Waals surface area contributed by atoms with Gasteiger partial charge in [-0.15, -0.1) is 0 Å². The fraction of sp³-hybridized carbons (Fsp3) is 0.500. The van der Waals surface area contributed by atoms with Crippen molar-refractivity contribution in [1.82, 2.24) is 19.6 Å². The van der Waals surface area contributed by atoms with Gasteiger partial charge in [0, 0.05) is 20.3 Å². The molecule has 2 heterocycles. The number of carboxylic acid groups (broad SMARTS) is 1. The lowest BCUT2D eigenvalue weighted by atomic mass is 10.1. The maximum absolute atomic E-state index is 11.4. The molecule has 0 unspecified atom stereocenters. The highest BCUT2D eigenvalue weighted by Crippen LogP contribution is 2.29. The van der Waals surface area contributed by atoms with Gasteiger partial charge in [-0.3, -0.25) is 9.36 Å². The molecule has 12 heteroatoms. The molecule has 0 amide bonds. The Hall–Kier alpha value is -1.48. The number of carbonyl (C=O) groups excluding carboxylic acids is 1. The lowest BCUT2D eigenvalue weighted by Crippen LogP contribution is -2.06. The maximum Gasteiger partial charge on any atom is 0.341 e. The molecule has 0 bridgehead atoms. The first-order valence-corrected chi connectivity index (χ1v) is 9.85. The number of carbonyl (C=O) groups is 2. The van der Waals surface area contributed by atoms with Gasteiger partial charge >= 0.3 is 11.9 Å². The zero-order valence-electron chi connectivity index (χ0n) is 15.6. The molecule has 2 rings (SSSR count). The summed E-state index contributed by atoms with van der Waals surface area (Å²) >= 11 is 22.6. The van der Waals surface area contributed by atoms with Crippen molar-refractivity contribution in [2.24, 2.45) is 14.1 Å². The minimum atomic E-state index is -1.05. The summed E-state index contributed by atoms with van der Waals surface area (Å²) < 4.78 is 7.70. The maximum atomic E-state index is 11.4. The number of hydrogen-bond acceptors (Lipinski definition) is 5. The summed E-state index contributed by atoms with van der Waals surface area (Å²) in [5.74, 6) is -1.50. The topological polar surface area (TPSA) is 99.2 Å². The predicted molar refractivity (Wildman–Crippen MR) is 108 cm³/mol. The number of aryl methyl sites for hydroxylation is 3. The van der Waals surface area contributed by atoms with Crippen molar-refractivity contribution in [2.45, 2.75) is 29.9 Å². The first-order valence-electron chi connectivity index (χ1n) is 8.10. The van der Waals surface area contributed by atoms with Crippen LogP contribution in [0.25, 0.3) is 0 Å². The monoisotopic (exact) mass is 472 g/mol. The Labute approximate surface area is 182 Å². The van der Waals surface area contributed by atoms with Crippen LogP contribution in [0.15, 0.2) is 6.20 Å². The molecule has 8 nitrogen and oxygen atoms in total. The summed E-state index contributed by atoms with van der Waals surface area (Å²) in [6.07, 6.45) is 2.07. The molecule has 0 saturated heterocycles. The number of alkyl halides is 4. The van der Waals surface area contributed by atoms with Gasteiger partial charge in [-0.25, -0.2) is 9.59 Å². The van der Waals surface area contributed by atoms with Crippen LogP contribution in [0.3, 0.4) is 0 Å². The van der Waals surface area contributed by atoms with E-state index in [0.29, 0.717) is 35.7 Å². The third kappa shape index (κ3) is 6.01. The Kier molecular flexibility index (Phi) is 9.56. The van der Waals surface area contributed by atoms with E-state index in [1.165, 1.54) is 15.6 Å². The SMILES string of the molecule is CCOC(=O)c1cn(C)nc1C(Cl)Cl.CCc1nn(C)c(C(Cl)Cl)c1C(=O)O. The van der Waals surface area contributed by atoms with Crippen LogP contribution in [0.2, 0.25) is 0 Å². The minimum absolute atomic E-state index is 0.116. The summed E-state index contributed by atoms with van der Waals surface area (Å²) in [5, 5.41) is 17.0. The van der Waals surface area contributed by atoms with E-state index in [2.05, 4.69) is 10.2 Å². The average molecular weight is 474 g/mol. The Morgan fingerprint density at radius 1 is 1.14 bits per heavy atom. The summed E-state index contributed by atoms with van der Waals surface area (Å²) in [5.41, 5.74) is 1.59. The van der Waals surface area contributed by atoms with Crippen molar-refractivity contribution >= 4 is 58.3 Å². The Morgan fingerprint density at radius 3 is 2.18 bits per heavy atom. The van der Waals surface area contributed by atoms with Crippen LogP contribution < -0.4 is 0 Å². The van der Waals surface area contributed by atoms with E-state index >= 15 is 0 Å². The van der Waals surface area contributed by atoms with E-state index in [-0.39, 0.29) is 5.56 Å². The number of rotatable bonds is 6. The van der Waals surface area contributed by atoms with E-state index in [1.54, 1.807) is 21.0 Å². The van der Waals surface area contributed by atoms with E-state index in [1.807, 2.05) is 6.92 Å². The second-order valence-electron chi connectivity index (χ2n) is 5.41. The van der Waals surface area contributed by atoms with Crippen LogP contribution in [0, 0.1) is 0 Å². The van der Waals surface area contributed by atoms with Gasteiger partial charge in [0.15, 0.2) is 4.84 Å². The molecule has 0 radical (unpaired) electrons. The number of halogens is 4. The molecule has 2 aromatic heterocycles. The van der Waals surface area contributed by atoms with Crippen LogP contribution in [0.4, 0.5) is 0 Å². The normalized spacial score (nSPS) is 10.8. The van der Waals surface area contributed by atoms with Crippen LogP contribution in [-0.2, 0) is 25.3 Å². The van der Waals surface area contributed by atoms with Gasteiger partial charge in [0.25, 0.3) is 0 Å². The van der Waals surface area contributed by atoms with Gasteiger partial charge in [0.1, 0.15) is 21.7 Å². The number of aromatic carboxylic acids is 1. The number of aromatic nitrogens is 4. The molecule has 0 aliphatic rings. The number of hydrogen-bond donors (Lipinski definition) is 1. The van der Waals surface area contributed by atoms with Crippen molar-refractivity contribution in [3.63, 3.8) is 0 Å². The second-order valence-corrected chi connectivity index (χ2v) is 7.61. The fourth-order valence-electron chi connectivity index (χ4n) is 2.36. The zero-order chi connectivity index (χ0) is 21.6. The molecule has 0 aliphatic carbocycles. The lowest BCUT2D eigenvalue weighted by Gasteiger charge is -2.03. The highest BCUT2D eigenvalue weighted by atomic mass is 35.5. The second kappa shape index (κ2) is 10.9. The molecular weight excluding hydrogens is 454 g/mol. The van der Waals surface area contributed by atoms with Crippen molar-refractivity contribution in [3.05, 3.63) is 34.4 Å². The van der Waals surface area contributed by atoms with Gasteiger partial charge in [-0.2, -0.15) is 10.2 Å². The van der Waals surface area contributed by atoms with Crippen LogP contribution >= 0.6 is 46.4 Å². The molecule has 28 heavy (non-hydrogen) atoms. The van der Waals surface area contributed by atoms with E-state index < -0.39 is 21.6 Å². The molecule has 0 saturated carbocycles. The van der Waals surface area contributed by atoms with Gasteiger partial charge in [-0.05, 0) is 13.3 Å². The zero-order valence-corrected chi connectivity index (χ0v) is 18.6. The third-order valence-electron chi connectivity index (χ3n) is 3.48. The Bertz CT molecular complexity index is 833. The standard InChI is InChI=1S/2C8H10Cl2N2O2/c1-3-14-8(13)5-4-12(2)11-6(5)7(9)10;1-3-4-5(8(13)14)6(7(9)10)12(2)11-4/h4,7H,3H2,1-2H3;7H,3H2,1-2H3,(H,13,14). The number of carboxylic acids is 1. The first kappa shape index (κ1) is 24.6. The van der Waals surface area contributed by atoms with E-state index in [9.17, 15) is 9.59 Å². The largest absolute Gasteiger partial charge is 0.478 e. The molecule has 0 aliphatic heterocycles. The molecule has 156 valence electrons. The van der Waals surface area contributed by atoms with Crippen molar-refractivity contribution in [2.75, 3.05) is 6.61 Å².